The van der Waals surface area contributed by atoms with Gasteiger partial charge in [0.15, 0.2) is 0 Å². The minimum Gasteiger partial charge on any atom is -0.313 e. The van der Waals surface area contributed by atoms with Crippen LogP contribution >= 0.6 is 0 Å². The maximum absolute atomic E-state index is 4.27. The molecule has 1 aromatic rings. The van der Waals surface area contributed by atoms with Crippen molar-refractivity contribution in [1.29, 1.82) is 0 Å². The van der Waals surface area contributed by atoms with Gasteiger partial charge < -0.3 is 5.32 Å². The normalized spacial score (nSPS) is 20.1. The van der Waals surface area contributed by atoms with Gasteiger partial charge in [0, 0.05) is 38.1 Å². The van der Waals surface area contributed by atoms with Crippen LogP contribution in [0.4, 0.5) is 0 Å². The molecule has 4 nitrogen and oxygen atoms in total. The van der Waals surface area contributed by atoms with E-state index in [1.165, 1.54) is 32.5 Å². The van der Waals surface area contributed by atoms with E-state index in [-0.39, 0.29) is 0 Å². The summed E-state index contributed by atoms with van der Waals surface area (Å²) in [6.45, 7) is 10.2. The summed E-state index contributed by atoms with van der Waals surface area (Å²) < 4.78 is 2.02. The first kappa shape index (κ1) is 13.6. The third kappa shape index (κ3) is 4.42. The zero-order valence-electron chi connectivity index (χ0n) is 11.7. The maximum atomic E-state index is 4.27. The second-order valence-corrected chi connectivity index (χ2v) is 5.72. The van der Waals surface area contributed by atoms with Crippen LogP contribution in [-0.4, -0.2) is 46.9 Å². The molecule has 1 atom stereocenters. The van der Waals surface area contributed by atoms with Crippen LogP contribution in [0, 0.1) is 5.92 Å². The minimum atomic E-state index is 0.696. The van der Waals surface area contributed by atoms with Gasteiger partial charge >= 0.3 is 0 Å². The molecule has 2 heterocycles. The predicted molar refractivity (Wildman–Crippen MR) is 74.5 cm³/mol. The van der Waals surface area contributed by atoms with E-state index < -0.39 is 0 Å². The van der Waals surface area contributed by atoms with Crippen LogP contribution in [0.15, 0.2) is 18.5 Å². The smallest absolute Gasteiger partial charge is 0.0536 e. The second kappa shape index (κ2) is 6.90. The first-order valence-corrected chi connectivity index (χ1v) is 7.17. The summed E-state index contributed by atoms with van der Waals surface area (Å²) in [6, 6.07) is 2.69. The summed E-state index contributed by atoms with van der Waals surface area (Å²) in [5.74, 6) is 0.726. The van der Waals surface area contributed by atoms with Gasteiger partial charge in [-0.05, 0) is 31.4 Å². The Labute approximate surface area is 110 Å². The molecule has 0 aliphatic carbocycles. The molecule has 18 heavy (non-hydrogen) atoms. The van der Waals surface area contributed by atoms with Crippen molar-refractivity contribution >= 4 is 0 Å². The van der Waals surface area contributed by atoms with Crippen LogP contribution in [-0.2, 0) is 6.54 Å². The molecule has 1 fully saturated rings. The van der Waals surface area contributed by atoms with Crippen molar-refractivity contribution in [2.45, 2.75) is 39.3 Å². The first-order chi connectivity index (χ1) is 8.74. The molecule has 0 radical (unpaired) electrons. The summed E-state index contributed by atoms with van der Waals surface area (Å²) >= 11 is 0. The molecule has 1 saturated heterocycles. The van der Waals surface area contributed by atoms with E-state index in [1.54, 1.807) is 0 Å². The van der Waals surface area contributed by atoms with Gasteiger partial charge in [-0.25, -0.2) is 0 Å². The van der Waals surface area contributed by atoms with Crippen LogP contribution < -0.4 is 5.32 Å². The van der Waals surface area contributed by atoms with E-state index in [2.05, 4.69) is 29.2 Å². The molecule has 0 bridgehead atoms. The largest absolute Gasteiger partial charge is 0.313 e. The van der Waals surface area contributed by atoms with Gasteiger partial charge in [-0.3, -0.25) is 9.58 Å². The SMILES string of the molecule is CC(C)CN(CCn1cccn1)CC1CCCN1. The molecule has 0 aromatic carbocycles. The van der Waals surface area contributed by atoms with Gasteiger partial charge in [-0.1, -0.05) is 13.8 Å². The average Bonchev–Trinajstić information content (AvgIpc) is 2.97. The Morgan fingerprint density at radius 1 is 1.50 bits per heavy atom. The van der Waals surface area contributed by atoms with Crippen LogP contribution in [0.3, 0.4) is 0 Å². The molecule has 1 aliphatic heterocycles. The Bertz CT molecular complexity index is 315. The van der Waals surface area contributed by atoms with Gasteiger partial charge in [0.1, 0.15) is 0 Å². The highest BCUT2D eigenvalue weighted by molar-refractivity contribution is 4.80. The summed E-state index contributed by atoms with van der Waals surface area (Å²) in [5.41, 5.74) is 0. The third-order valence-corrected chi connectivity index (χ3v) is 3.47. The summed E-state index contributed by atoms with van der Waals surface area (Å²) in [4.78, 5) is 2.58. The number of hydrogen-bond donors (Lipinski definition) is 1. The van der Waals surface area contributed by atoms with Crippen molar-refractivity contribution in [2.24, 2.45) is 5.92 Å². The number of nitrogens with one attached hydrogen (secondary N) is 1. The molecule has 1 aromatic heterocycles. The van der Waals surface area contributed by atoms with Gasteiger partial charge in [0.2, 0.25) is 0 Å². The number of hydrogen-bond acceptors (Lipinski definition) is 3. The fourth-order valence-corrected chi connectivity index (χ4v) is 2.67. The molecule has 1 unspecified atom stereocenters. The lowest BCUT2D eigenvalue weighted by Gasteiger charge is -2.27. The van der Waals surface area contributed by atoms with E-state index in [9.17, 15) is 0 Å². The molecular weight excluding hydrogens is 224 g/mol. The van der Waals surface area contributed by atoms with Crippen molar-refractivity contribution in [1.82, 2.24) is 20.0 Å². The first-order valence-electron chi connectivity index (χ1n) is 7.17. The minimum absolute atomic E-state index is 0.696. The van der Waals surface area contributed by atoms with Crippen LogP contribution in [0.25, 0.3) is 0 Å². The number of aromatic nitrogens is 2. The zero-order valence-corrected chi connectivity index (χ0v) is 11.7. The zero-order chi connectivity index (χ0) is 12.8. The molecular formula is C14H26N4. The van der Waals surface area contributed by atoms with E-state index in [0.717, 1.165) is 19.0 Å². The fraction of sp³-hybridized carbons (Fsp3) is 0.786. The quantitative estimate of drug-likeness (QED) is 0.798. The second-order valence-electron chi connectivity index (χ2n) is 5.72. The standard InChI is InChI=1S/C14H26N4/c1-13(2)11-17(12-14-5-3-6-15-14)9-10-18-8-4-7-16-18/h4,7-8,13-15H,3,5-6,9-12H2,1-2H3. The van der Waals surface area contributed by atoms with Crippen molar-refractivity contribution in [3.8, 4) is 0 Å². The Kier molecular flexibility index (Phi) is 5.20. The van der Waals surface area contributed by atoms with Gasteiger partial charge in [-0.2, -0.15) is 5.10 Å². The molecule has 102 valence electrons. The van der Waals surface area contributed by atoms with E-state index >= 15 is 0 Å². The topological polar surface area (TPSA) is 33.1 Å². The Balaban J connectivity index is 1.79. The van der Waals surface area contributed by atoms with Crippen molar-refractivity contribution in [3.05, 3.63) is 18.5 Å². The lowest BCUT2D eigenvalue weighted by atomic mass is 10.1. The summed E-state index contributed by atoms with van der Waals surface area (Å²) in [7, 11) is 0. The van der Waals surface area contributed by atoms with Crippen LogP contribution in [0.2, 0.25) is 0 Å². The average molecular weight is 250 g/mol. The Morgan fingerprint density at radius 3 is 3.00 bits per heavy atom. The van der Waals surface area contributed by atoms with Crippen molar-refractivity contribution in [3.63, 3.8) is 0 Å². The molecule has 1 N–H and O–H groups in total. The van der Waals surface area contributed by atoms with Crippen molar-refractivity contribution < 1.29 is 0 Å². The van der Waals surface area contributed by atoms with E-state index in [0.29, 0.717) is 6.04 Å². The highest BCUT2D eigenvalue weighted by Crippen LogP contribution is 2.08. The molecule has 4 heteroatoms. The number of rotatable bonds is 7. The molecule has 1 aliphatic rings. The lowest BCUT2D eigenvalue weighted by molar-refractivity contribution is 0.213. The Hall–Kier alpha value is -0.870. The lowest BCUT2D eigenvalue weighted by Crippen LogP contribution is -2.40. The van der Waals surface area contributed by atoms with Crippen molar-refractivity contribution in [2.75, 3.05) is 26.2 Å². The van der Waals surface area contributed by atoms with E-state index in [4.69, 9.17) is 0 Å². The molecule has 2 rings (SSSR count). The van der Waals surface area contributed by atoms with Crippen LogP contribution in [0.1, 0.15) is 26.7 Å². The van der Waals surface area contributed by atoms with Gasteiger partial charge in [0.05, 0.1) is 6.54 Å². The molecule has 0 spiro atoms. The summed E-state index contributed by atoms with van der Waals surface area (Å²) in [5, 5.41) is 7.86. The van der Waals surface area contributed by atoms with Gasteiger partial charge in [0.25, 0.3) is 0 Å². The fourth-order valence-electron chi connectivity index (χ4n) is 2.67. The van der Waals surface area contributed by atoms with E-state index in [1.807, 2.05) is 23.1 Å². The van der Waals surface area contributed by atoms with Gasteiger partial charge in [-0.15, -0.1) is 0 Å². The molecule has 0 saturated carbocycles. The molecule has 0 amide bonds. The summed E-state index contributed by atoms with van der Waals surface area (Å²) in [6.07, 6.45) is 6.56. The highest BCUT2D eigenvalue weighted by atomic mass is 15.3. The number of nitrogens with zero attached hydrogens (tertiary/aromatic N) is 3. The third-order valence-electron chi connectivity index (χ3n) is 3.47. The monoisotopic (exact) mass is 250 g/mol. The maximum Gasteiger partial charge on any atom is 0.0536 e. The predicted octanol–water partition coefficient (Wildman–Crippen LogP) is 1.59. The highest BCUT2D eigenvalue weighted by Gasteiger charge is 2.18. The van der Waals surface area contributed by atoms with Crippen LogP contribution in [0.5, 0.6) is 0 Å². The Morgan fingerprint density at radius 2 is 2.39 bits per heavy atom.